The summed E-state index contributed by atoms with van der Waals surface area (Å²) in [4.78, 5) is 0. The minimum Gasteiger partial charge on any atom is -0.494 e. The zero-order chi connectivity index (χ0) is 15.1. The lowest BCUT2D eigenvalue weighted by Crippen LogP contribution is -2.02. The average molecular weight is 280 g/mol. The summed E-state index contributed by atoms with van der Waals surface area (Å²) in [5.74, 6) is 0.902. The molecule has 0 fully saturated rings. The minimum atomic E-state index is 0.670. The largest absolute Gasteiger partial charge is 0.494 e. The lowest BCUT2D eigenvalue weighted by Gasteiger charge is -2.11. The molecule has 0 bridgehead atoms. The van der Waals surface area contributed by atoms with Crippen LogP contribution in [0.1, 0.15) is 30.0 Å². The Morgan fingerprint density at radius 3 is 2.81 bits per heavy atom. The van der Waals surface area contributed by atoms with E-state index in [9.17, 15) is 0 Å². The van der Waals surface area contributed by atoms with Crippen LogP contribution in [0.15, 0.2) is 42.5 Å². The van der Waals surface area contributed by atoms with Gasteiger partial charge in [-0.2, -0.15) is 5.26 Å². The summed E-state index contributed by atoms with van der Waals surface area (Å²) >= 11 is 0. The lowest BCUT2D eigenvalue weighted by molar-refractivity contribution is 0.317. The molecule has 0 saturated heterocycles. The number of nitrogens with zero attached hydrogens (tertiary/aromatic N) is 1. The van der Waals surface area contributed by atoms with Crippen LogP contribution in [0.25, 0.3) is 0 Å². The highest BCUT2D eigenvalue weighted by molar-refractivity contribution is 5.55. The summed E-state index contributed by atoms with van der Waals surface area (Å²) < 4.78 is 5.64. The van der Waals surface area contributed by atoms with E-state index in [4.69, 9.17) is 10.00 Å². The Morgan fingerprint density at radius 1 is 1.19 bits per heavy atom. The molecule has 0 spiro atoms. The molecule has 3 heteroatoms. The number of hydrogen-bond acceptors (Lipinski definition) is 3. The molecular weight excluding hydrogens is 260 g/mol. The Kier molecular flexibility index (Phi) is 5.22. The van der Waals surface area contributed by atoms with Crippen molar-refractivity contribution in [3.8, 4) is 11.8 Å². The van der Waals surface area contributed by atoms with Crippen molar-refractivity contribution in [2.24, 2.45) is 0 Å². The average Bonchev–Trinajstić information content (AvgIpc) is 2.52. The summed E-state index contributed by atoms with van der Waals surface area (Å²) in [6, 6.07) is 15.9. The van der Waals surface area contributed by atoms with Crippen LogP contribution < -0.4 is 10.1 Å². The van der Waals surface area contributed by atoms with Crippen LogP contribution in [0.3, 0.4) is 0 Å². The zero-order valence-corrected chi connectivity index (χ0v) is 12.5. The highest BCUT2D eigenvalue weighted by Gasteiger charge is 2.01. The van der Waals surface area contributed by atoms with Crippen LogP contribution >= 0.6 is 0 Å². The molecular formula is C18H20N2O. The Bertz CT molecular complexity index is 644. The van der Waals surface area contributed by atoms with Crippen molar-refractivity contribution in [3.05, 3.63) is 59.2 Å². The van der Waals surface area contributed by atoms with Gasteiger partial charge in [-0.25, -0.2) is 0 Å². The van der Waals surface area contributed by atoms with Crippen LogP contribution in [0.5, 0.6) is 5.75 Å². The van der Waals surface area contributed by atoms with Crippen LogP contribution in [0.4, 0.5) is 5.69 Å². The predicted octanol–water partition coefficient (Wildman–Crippen LogP) is 4.27. The number of nitrogens with one attached hydrogen (secondary N) is 1. The first kappa shape index (κ1) is 14.9. The summed E-state index contributed by atoms with van der Waals surface area (Å²) in [5.41, 5.74) is 3.95. The summed E-state index contributed by atoms with van der Waals surface area (Å²) in [6.45, 7) is 5.57. The van der Waals surface area contributed by atoms with E-state index in [1.54, 1.807) is 0 Å². The fraction of sp³-hybridized carbons (Fsp3) is 0.278. The summed E-state index contributed by atoms with van der Waals surface area (Å²) in [7, 11) is 0. The van der Waals surface area contributed by atoms with Gasteiger partial charge in [0.15, 0.2) is 0 Å². The van der Waals surface area contributed by atoms with Gasteiger partial charge in [0.25, 0.3) is 0 Å². The number of ether oxygens (including phenoxy) is 1. The molecule has 0 aliphatic rings. The first-order valence-corrected chi connectivity index (χ1v) is 7.19. The van der Waals surface area contributed by atoms with Crippen LogP contribution in [0.2, 0.25) is 0 Å². The molecule has 2 aromatic rings. The molecule has 2 aromatic carbocycles. The summed E-state index contributed by atoms with van der Waals surface area (Å²) in [5, 5.41) is 12.3. The Balaban J connectivity index is 2.04. The van der Waals surface area contributed by atoms with Crippen LogP contribution in [-0.4, -0.2) is 6.61 Å². The molecule has 21 heavy (non-hydrogen) atoms. The van der Waals surface area contributed by atoms with Crippen molar-refractivity contribution in [2.75, 3.05) is 11.9 Å². The molecule has 3 nitrogen and oxygen atoms in total. The van der Waals surface area contributed by atoms with Crippen molar-refractivity contribution in [2.45, 2.75) is 26.8 Å². The first-order valence-electron chi connectivity index (χ1n) is 7.19. The smallest absolute Gasteiger partial charge is 0.119 e. The normalized spacial score (nSPS) is 9.95. The van der Waals surface area contributed by atoms with Crippen molar-refractivity contribution in [1.29, 1.82) is 5.26 Å². The van der Waals surface area contributed by atoms with Gasteiger partial charge in [-0.15, -0.1) is 0 Å². The molecule has 0 aliphatic heterocycles. The van der Waals surface area contributed by atoms with Crippen LogP contribution in [-0.2, 0) is 6.54 Å². The van der Waals surface area contributed by atoms with Gasteiger partial charge >= 0.3 is 0 Å². The zero-order valence-electron chi connectivity index (χ0n) is 12.5. The topological polar surface area (TPSA) is 45.0 Å². The highest BCUT2D eigenvalue weighted by Crippen LogP contribution is 2.19. The van der Waals surface area contributed by atoms with Crippen molar-refractivity contribution in [3.63, 3.8) is 0 Å². The summed E-state index contributed by atoms with van der Waals surface area (Å²) in [6.07, 6.45) is 1.00. The minimum absolute atomic E-state index is 0.670. The third kappa shape index (κ3) is 4.25. The SMILES string of the molecule is CCCOc1cccc(CNc2cc(C#N)ccc2C)c1. The van der Waals surface area contributed by atoms with Gasteiger partial charge in [-0.1, -0.05) is 25.1 Å². The number of aryl methyl sites for hydroxylation is 1. The number of nitriles is 1. The quantitative estimate of drug-likeness (QED) is 0.859. The lowest BCUT2D eigenvalue weighted by atomic mass is 10.1. The molecule has 1 N–H and O–H groups in total. The number of rotatable bonds is 6. The van der Waals surface area contributed by atoms with Gasteiger partial charge in [0, 0.05) is 12.2 Å². The second-order valence-electron chi connectivity index (χ2n) is 4.99. The Hall–Kier alpha value is -2.47. The first-order chi connectivity index (χ1) is 10.2. The van der Waals surface area contributed by atoms with E-state index in [0.717, 1.165) is 35.6 Å². The third-order valence-corrected chi connectivity index (χ3v) is 3.22. The van der Waals surface area contributed by atoms with Crippen molar-refractivity contribution >= 4 is 5.69 Å². The standard InChI is InChI=1S/C18H20N2O/c1-3-9-21-17-6-4-5-16(10-17)13-20-18-11-15(12-19)8-7-14(18)2/h4-8,10-11,20H,3,9,13H2,1-2H3. The monoisotopic (exact) mass is 280 g/mol. The van der Waals surface area contributed by atoms with E-state index in [2.05, 4.69) is 24.4 Å². The maximum absolute atomic E-state index is 8.96. The van der Waals surface area contributed by atoms with Gasteiger partial charge in [0.2, 0.25) is 0 Å². The van der Waals surface area contributed by atoms with E-state index in [1.807, 2.05) is 43.3 Å². The second-order valence-corrected chi connectivity index (χ2v) is 4.99. The molecule has 0 aliphatic carbocycles. The van der Waals surface area contributed by atoms with E-state index in [1.165, 1.54) is 0 Å². The molecule has 0 heterocycles. The molecule has 0 unspecified atom stereocenters. The predicted molar refractivity (Wildman–Crippen MR) is 85.4 cm³/mol. The molecule has 0 saturated carbocycles. The fourth-order valence-electron chi connectivity index (χ4n) is 2.04. The molecule has 0 atom stereocenters. The van der Waals surface area contributed by atoms with Crippen molar-refractivity contribution < 1.29 is 4.74 Å². The van der Waals surface area contributed by atoms with Crippen LogP contribution in [0, 0.1) is 18.3 Å². The van der Waals surface area contributed by atoms with E-state index >= 15 is 0 Å². The molecule has 0 amide bonds. The van der Waals surface area contributed by atoms with Gasteiger partial charge in [-0.3, -0.25) is 0 Å². The molecule has 0 aromatic heterocycles. The van der Waals surface area contributed by atoms with Gasteiger partial charge in [0.1, 0.15) is 5.75 Å². The molecule has 2 rings (SSSR count). The molecule has 108 valence electrons. The van der Waals surface area contributed by atoms with Gasteiger partial charge in [-0.05, 0) is 48.7 Å². The Labute approximate surface area is 126 Å². The highest BCUT2D eigenvalue weighted by atomic mass is 16.5. The molecule has 0 radical (unpaired) electrons. The third-order valence-electron chi connectivity index (χ3n) is 3.22. The van der Waals surface area contributed by atoms with Gasteiger partial charge < -0.3 is 10.1 Å². The van der Waals surface area contributed by atoms with E-state index in [0.29, 0.717) is 12.1 Å². The maximum Gasteiger partial charge on any atom is 0.119 e. The number of benzene rings is 2. The Morgan fingerprint density at radius 2 is 2.05 bits per heavy atom. The van der Waals surface area contributed by atoms with Crippen molar-refractivity contribution in [1.82, 2.24) is 0 Å². The van der Waals surface area contributed by atoms with E-state index in [-0.39, 0.29) is 0 Å². The number of anilines is 1. The maximum atomic E-state index is 8.96. The second kappa shape index (κ2) is 7.35. The van der Waals surface area contributed by atoms with E-state index < -0.39 is 0 Å². The van der Waals surface area contributed by atoms with Gasteiger partial charge in [0.05, 0.1) is 18.2 Å². The number of hydrogen-bond donors (Lipinski definition) is 1. The fourth-order valence-corrected chi connectivity index (χ4v) is 2.04.